The minimum absolute atomic E-state index is 0.00952. The lowest BCUT2D eigenvalue weighted by Gasteiger charge is -2.39. The van der Waals surface area contributed by atoms with Gasteiger partial charge >= 0.3 is 5.97 Å². The number of ether oxygens (including phenoxy) is 1. The average Bonchev–Trinajstić information content (AvgIpc) is 3.45. The van der Waals surface area contributed by atoms with Crippen molar-refractivity contribution in [3.8, 4) is 0 Å². The molecular formula is C26H42N2O5S. The Hall–Kier alpha value is -1.54. The van der Waals surface area contributed by atoms with Crippen LogP contribution in [0.2, 0.25) is 0 Å². The standard InChI is InChI=1S/C26H42N2O5S/c1-5-12-18(4)27(15-6-2)24(31)22-26-14-13-19(34-26)20(25(32)33-7-3)21(26)23(30)28(22)16-10-8-9-11-17-29/h6,18-22,29H,2,5,7-17H2,1,3-4H3/t18?,19-,20+,21+,22?,26?/m1/s1. The second kappa shape index (κ2) is 11.9. The molecule has 3 heterocycles. The van der Waals surface area contributed by atoms with Gasteiger partial charge in [-0.25, -0.2) is 0 Å². The molecule has 3 saturated heterocycles. The summed E-state index contributed by atoms with van der Waals surface area (Å²) >= 11 is 1.69. The highest BCUT2D eigenvalue weighted by atomic mass is 32.2. The fourth-order valence-electron chi connectivity index (χ4n) is 6.28. The van der Waals surface area contributed by atoms with Crippen molar-refractivity contribution >= 4 is 29.5 Å². The summed E-state index contributed by atoms with van der Waals surface area (Å²) in [6, 6.07) is -0.506. The molecule has 8 heteroatoms. The average molecular weight is 495 g/mol. The smallest absolute Gasteiger partial charge is 0.310 e. The molecule has 3 unspecified atom stereocenters. The number of unbranched alkanes of at least 4 members (excludes halogenated alkanes) is 3. The fourth-order valence-corrected chi connectivity index (χ4v) is 8.48. The molecule has 3 aliphatic rings. The van der Waals surface area contributed by atoms with Crippen LogP contribution >= 0.6 is 11.8 Å². The van der Waals surface area contributed by atoms with Crippen LogP contribution < -0.4 is 0 Å². The van der Waals surface area contributed by atoms with Gasteiger partial charge in [0.05, 0.1) is 23.2 Å². The molecule has 3 fully saturated rings. The van der Waals surface area contributed by atoms with Crippen LogP contribution in [0.5, 0.6) is 0 Å². The minimum atomic E-state index is -0.563. The van der Waals surface area contributed by atoms with Gasteiger partial charge < -0.3 is 19.6 Å². The third-order valence-electron chi connectivity index (χ3n) is 7.75. The number of hydrogen-bond acceptors (Lipinski definition) is 6. The van der Waals surface area contributed by atoms with Crippen molar-refractivity contribution in [3.63, 3.8) is 0 Å². The van der Waals surface area contributed by atoms with Gasteiger partial charge in [-0.3, -0.25) is 14.4 Å². The summed E-state index contributed by atoms with van der Waals surface area (Å²) in [6.45, 7) is 11.2. The molecule has 34 heavy (non-hydrogen) atoms. The summed E-state index contributed by atoms with van der Waals surface area (Å²) in [5.41, 5.74) is 0. The van der Waals surface area contributed by atoms with Gasteiger partial charge in [0.1, 0.15) is 6.04 Å². The van der Waals surface area contributed by atoms with Crippen molar-refractivity contribution < 1.29 is 24.2 Å². The second-order valence-electron chi connectivity index (χ2n) is 9.89. The number of carbonyl (C=O) groups excluding carboxylic acids is 3. The van der Waals surface area contributed by atoms with Crippen molar-refractivity contribution in [3.05, 3.63) is 12.7 Å². The number of likely N-dealkylation sites (tertiary alicyclic amines) is 1. The molecule has 7 nitrogen and oxygen atoms in total. The largest absolute Gasteiger partial charge is 0.466 e. The van der Waals surface area contributed by atoms with Crippen molar-refractivity contribution in [1.29, 1.82) is 0 Å². The molecule has 0 radical (unpaired) electrons. The van der Waals surface area contributed by atoms with Crippen LogP contribution in [0.3, 0.4) is 0 Å². The van der Waals surface area contributed by atoms with Crippen LogP contribution in [0.1, 0.15) is 72.1 Å². The molecule has 1 spiro atoms. The van der Waals surface area contributed by atoms with Gasteiger partial charge in [-0.2, -0.15) is 0 Å². The molecular weight excluding hydrogens is 452 g/mol. The maximum absolute atomic E-state index is 14.2. The lowest BCUT2D eigenvalue weighted by molar-refractivity contribution is -0.153. The van der Waals surface area contributed by atoms with E-state index < -0.39 is 22.6 Å². The Morgan fingerprint density at radius 1 is 1.32 bits per heavy atom. The predicted molar refractivity (Wildman–Crippen MR) is 134 cm³/mol. The molecule has 3 aliphatic heterocycles. The molecule has 1 N–H and O–H groups in total. The Bertz CT molecular complexity index is 761. The highest BCUT2D eigenvalue weighted by molar-refractivity contribution is 8.02. The number of aliphatic hydroxyl groups is 1. The highest BCUT2D eigenvalue weighted by Crippen LogP contribution is 2.66. The second-order valence-corrected chi connectivity index (χ2v) is 11.5. The normalized spacial score (nSPS) is 30.4. The van der Waals surface area contributed by atoms with E-state index in [9.17, 15) is 14.4 Å². The summed E-state index contributed by atoms with van der Waals surface area (Å²) in [6.07, 6.45) is 8.53. The first-order valence-corrected chi connectivity index (χ1v) is 13.9. The third kappa shape index (κ3) is 4.90. The van der Waals surface area contributed by atoms with E-state index in [1.54, 1.807) is 29.7 Å². The Labute approximate surface area is 208 Å². The monoisotopic (exact) mass is 494 g/mol. The van der Waals surface area contributed by atoms with Gasteiger partial charge in [0, 0.05) is 31.0 Å². The van der Waals surface area contributed by atoms with Gasteiger partial charge in [0.15, 0.2) is 0 Å². The summed E-state index contributed by atoms with van der Waals surface area (Å²) in [7, 11) is 0. The van der Waals surface area contributed by atoms with Gasteiger partial charge in [0.2, 0.25) is 11.8 Å². The van der Waals surface area contributed by atoms with Crippen molar-refractivity contribution in [2.45, 2.75) is 94.2 Å². The number of amides is 2. The van der Waals surface area contributed by atoms with E-state index >= 15 is 0 Å². The highest BCUT2D eigenvalue weighted by Gasteiger charge is 2.74. The Morgan fingerprint density at radius 3 is 2.71 bits per heavy atom. The molecule has 0 saturated carbocycles. The molecule has 192 valence electrons. The van der Waals surface area contributed by atoms with Gasteiger partial charge in [0.25, 0.3) is 0 Å². The van der Waals surface area contributed by atoms with Crippen LogP contribution in [0.4, 0.5) is 0 Å². The topological polar surface area (TPSA) is 87.2 Å². The maximum atomic E-state index is 14.2. The molecule has 2 bridgehead atoms. The molecule has 2 amide bonds. The van der Waals surface area contributed by atoms with E-state index in [4.69, 9.17) is 9.84 Å². The molecule has 3 rings (SSSR count). The molecule has 6 atom stereocenters. The molecule has 0 aromatic carbocycles. The number of esters is 1. The van der Waals surface area contributed by atoms with Gasteiger partial charge in [-0.05, 0) is 46.0 Å². The molecule has 0 aromatic rings. The van der Waals surface area contributed by atoms with Gasteiger partial charge in [-0.15, -0.1) is 18.3 Å². The number of carbonyl (C=O) groups is 3. The van der Waals surface area contributed by atoms with Crippen molar-refractivity contribution in [2.75, 3.05) is 26.3 Å². The van der Waals surface area contributed by atoms with E-state index in [-0.39, 0.29) is 35.7 Å². The summed E-state index contributed by atoms with van der Waals surface area (Å²) in [5.74, 6) is -1.33. The minimum Gasteiger partial charge on any atom is -0.466 e. The van der Waals surface area contributed by atoms with E-state index in [0.29, 0.717) is 19.7 Å². The van der Waals surface area contributed by atoms with E-state index in [0.717, 1.165) is 51.4 Å². The van der Waals surface area contributed by atoms with Crippen molar-refractivity contribution in [1.82, 2.24) is 9.80 Å². The summed E-state index contributed by atoms with van der Waals surface area (Å²) in [4.78, 5) is 44.7. The van der Waals surface area contributed by atoms with Crippen molar-refractivity contribution in [2.24, 2.45) is 11.8 Å². The number of hydrogen-bond donors (Lipinski definition) is 1. The zero-order valence-electron chi connectivity index (χ0n) is 21.0. The number of fused-ring (bicyclic) bond motifs is 1. The molecule has 0 aliphatic carbocycles. The summed E-state index contributed by atoms with van der Waals surface area (Å²) < 4.78 is 4.83. The maximum Gasteiger partial charge on any atom is 0.310 e. The number of nitrogens with zero attached hydrogens (tertiary/aromatic N) is 2. The zero-order valence-corrected chi connectivity index (χ0v) is 21.9. The van der Waals surface area contributed by atoms with Gasteiger partial charge in [-0.1, -0.05) is 32.3 Å². The quantitative estimate of drug-likeness (QED) is 0.226. The first-order chi connectivity index (χ1) is 16.4. The Balaban J connectivity index is 1.94. The Morgan fingerprint density at radius 2 is 2.06 bits per heavy atom. The lowest BCUT2D eigenvalue weighted by Crippen LogP contribution is -2.56. The number of thioether (sulfide) groups is 1. The van der Waals surface area contributed by atoms with Crippen LogP contribution in [0.15, 0.2) is 12.7 Å². The first kappa shape index (κ1) is 27.1. The van der Waals surface area contributed by atoms with Crippen LogP contribution in [0.25, 0.3) is 0 Å². The number of aliphatic hydroxyl groups excluding tert-OH is 1. The van der Waals surface area contributed by atoms with Crippen LogP contribution in [0, 0.1) is 11.8 Å². The Kier molecular flexibility index (Phi) is 9.49. The fraction of sp³-hybridized carbons (Fsp3) is 0.808. The third-order valence-corrected chi connectivity index (χ3v) is 9.70. The zero-order chi connectivity index (χ0) is 24.9. The van der Waals surface area contributed by atoms with Crippen LogP contribution in [-0.4, -0.2) is 81.1 Å². The lowest BCUT2D eigenvalue weighted by atomic mass is 9.71. The van der Waals surface area contributed by atoms with E-state index in [1.165, 1.54) is 0 Å². The summed E-state index contributed by atoms with van der Waals surface area (Å²) in [5, 5.41) is 9.11. The van der Waals surface area contributed by atoms with E-state index in [1.807, 2.05) is 4.90 Å². The van der Waals surface area contributed by atoms with E-state index in [2.05, 4.69) is 20.4 Å². The number of rotatable bonds is 14. The SMILES string of the molecule is C=CCN(C(=O)C1N(CCCCCCO)C(=O)[C@@H]2[C@@H](C(=O)OCC)[C@H]3CCC12S3)C(C)CCC. The van der Waals surface area contributed by atoms with Crippen LogP contribution in [-0.2, 0) is 19.1 Å². The predicted octanol–water partition coefficient (Wildman–Crippen LogP) is 3.40. The first-order valence-electron chi connectivity index (χ1n) is 13.0. The molecule has 0 aromatic heterocycles.